The molecule has 1 heteroatoms. The Morgan fingerprint density at radius 1 is 0.938 bits per heavy atom. The minimum Gasteiger partial charge on any atom is -0.298 e. The summed E-state index contributed by atoms with van der Waals surface area (Å²) in [4.78, 5) is 11.3. The fraction of sp³-hybridized carbons (Fsp3) is 0.258. The summed E-state index contributed by atoms with van der Waals surface area (Å²) < 4.78 is 0. The Bertz CT molecular complexity index is 1100. The Morgan fingerprint density at radius 3 is 2.34 bits per heavy atom. The Hall–Kier alpha value is -3.19. The third-order valence-corrected chi connectivity index (χ3v) is 6.19. The molecule has 0 spiro atoms. The Morgan fingerprint density at radius 2 is 1.69 bits per heavy atom. The van der Waals surface area contributed by atoms with Crippen molar-refractivity contribution in [2.75, 3.05) is 0 Å². The first-order chi connectivity index (χ1) is 15.6. The third kappa shape index (κ3) is 5.53. The number of hydrogen-bond acceptors (Lipinski definition) is 1. The second-order valence-corrected chi connectivity index (χ2v) is 8.47. The Kier molecular flexibility index (Phi) is 8.39. The lowest BCUT2D eigenvalue weighted by Gasteiger charge is -2.24. The van der Waals surface area contributed by atoms with Crippen molar-refractivity contribution in [2.24, 2.45) is 5.92 Å². The zero-order chi connectivity index (χ0) is 22.9. The molecule has 164 valence electrons. The molecule has 1 unspecified atom stereocenters. The van der Waals surface area contributed by atoms with Crippen molar-refractivity contribution in [1.82, 2.24) is 0 Å². The third-order valence-electron chi connectivity index (χ3n) is 6.19. The molecule has 0 aliphatic rings. The van der Waals surface area contributed by atoms with E-state index in [1.807, 2.05) is 12.1 Å². The van der Waals surface area contributed by atoms with Crippen LogP contribution in [0, 0.1) is 12.8 Å². The number of hydrogen-bond donors (Lipinski definition) is 0. The van der Waals surface area contributed by atoms with Crippen molar-refractivity contribution in [3.8, 4) is 11.1 Å². The predicted molar refractivity (Wildman–Crippen MR) is 139 cm³/mol. The summed E-state index contributed by atoms with van der Waals surface area (Å²) >= 11 is 0. The highest BCUT2D eigenvalue weighted by Crippen LogP contribution is 2.39. The van der Waals surface area contributed by atoms with E-state index in [1.165, 1.54) is 33.4 Å². The first-order valence-corrected chi connectivity index (χ1v) is 11.6. The van der Waals surface area contributed by atoms with Gasteiger partial charge in [-0.1, -0.05) is 86.2 Å². The predicted octanol–water partition coefficient (Wildman–Crippen LogP) is 8.79. The SMILES string of the molecule is CC=CCC(CCC)/C(=C(/C)c1cccc(-c2ccccc2)c1)c1ccc(C=O)cc1C. The van der Waals surface area contributed by atoms with E-state index >= 15 is 0 Å². The van der Waals surface area contributed by atoms with Crippen LogP contribution in [0.25, 0.3) is 22.3 Å². The topological polar surface area (TPSA) is 17.1 Å². The van der Waals surface area contributed by atoms with Gasteiger partial charge in [0.2, 0.25) is 0 Å². The molecule has 0 radical (unpaired) electrons. The second kappa shape index (κ2) is 11.4. The standard InChI is InChI=1S/C31H34O/c1-5-7-13-27(12-6-2)31(30-19-18-25(22-32)20-23(30)3)24(4)28-16-11-17-29(21-28)26-14-9-8-10-15-26/h5,7-11,14-22,27H,6,12-13H2,1-4H3/b7-5?,31-24+. The molecule has 0 bridgehead atoms. The average molecular weight is 423 g/mol. The van der Waals surface area contributed by atoms with E-state index in [1.54, 1.807) is 0 Å². The zero-order valence-corrected chi connectivity index (χ0v) is 19.8. The van der Waals surface area contributed by atoms with Gasteiger partial charge in [-0.25, -0.2) is 0 Å². The molecule has 3 aromatic rings. The summed E-state index contributed by atoms with van der Waals surface area (Å²) in [7, 11) is 0. The van der Waals surface area contributed by atoms with Crippen molar-refractivity contribution in [2.45, 2.75) is 47.0 Å². The molecule has 3 rings (SSSR count). The van der Waals surface area contributed by atoms with Gasteiger partial charge in [0.15, 0.2) is 0 Å². The van der Waals surface area contributed by atoms with Crippen LogP contribution < -0.4 is 0 Å². The highest BCUT2D eigenvalue weighted by atomic mass is 16.1. The number of aryl methyl sites for hydroxylation is 1. The summed E-state index contributed by atoms with van der Waals surface area (Å²) in [6.45, 7) is 8.72. The number of rotatable bonds is 9. The van der Waals surface area contributed by atoms with Crippen LogP contribution in [-0.4, -0.2) is 6.29 Å². The molecule has 0 amide bonds. The normalized spacial score (nSPS) is 13.1. The Balaban J connectivity index is 2.20. The molecule has 1 atom stereocenters. The van der Waals surface area contributed by atoms with Crippen molar-refractivity contribution in [3.63, 3.8) is 0 Å². The number of carbonyl (C=O) groups excluding carboxylic acids is 1. The van der Waals surface area contributed by atoms with Crippen LogP contribution in [0.1, 0.15) is 67.1 Å². The summed E-state index contributed by atoms with van der Waals surface area (Å²) in [5, 5.41) is 0. The monoisotopic (exact) mass is 422 g/mol. The smallest absolute Gasteiger partial charge is 0.150 e. The summed E-state index contributed by atoms with van der Waals surface area (Å²) in [5.74, 6) is 0.428. The summed E-state index contributed by atoms with van der Waals surface area (Å²) in [5.41, 5.74) is 9.56. The van der Waals surface area contributed by atoms with Crippen molar-refractivity contribution < 1.29 is 4.79 Å². The molecular formula is C31H34O. The van der Waals surface area contributed by atoms with Crippen molar-refractivity contribution in [3.05, 3.63) is 107 Å². The molecule has 0 saturated carbocycles. The second-order valence-electron chi connectivity index (χ2n) is 8.47. The molecule has 0 aliphatic carbocycles. The number of allylic oxidation sites excluding steroid dienone is 4. The maximum absolute atomic E-state index is 11.3. The van der Waals surface area contributed by atoms with E-state index in [4.69, 9.17) is 0 Å². The van der Waals surface area contributed by atoms with Crippen LogP contribution in [0.3, 0.4) is 0 Å². The lowest BCUT2D eigenvalue weighted by molar-refractivity contribution is 0.112. The molecule has 0 fully saturated rings. The van der Waals surface area contributed by atoms with Crippen LogP contribution in [-0.2, 0) is 0 Å². The molecular weight excluding hydrogens is 388 g/mol. The molecule has 3 aromatic carbocycles. The fourth-order valence-electron chi connectivity index (χ4n) is 4.54. The lowest BCUT2D eigenvalue weighted by atomic mass is 9.80. The maximum Gasteiger partial charge on any atom is 0.150 e. The van der Waals surface area contributed by atoms with Gasteiger partial charge in [0.05, 0.1) is 0 Å². The first kappa shape index (κ1) is 23.5. The maximum atomic E-state index is 11.3. The van der Waals surface area contributed by atoms with Gasteiger partial charge in [-0.15, -0.1) is 0 Å². The Labute approximate surface area is 193 Å². The van der Waals surface area contributed by atoms with E-state index in [0.717, 1.165) is 36.7 Å². The minimum atomic E-state index is 0.428. The van der Waals surface area contributed by atoms with Gasteiger partial charge in [0.1, 0.15) is 6.29 Å². The van der Waals surface area contributed by atoms with Crippen LogP contribution in [0.5, 0.6) is 0 Å². The highest BCUT2D eigenvalue weighted by molar-refractivity contribution is 5.93. The summed E-state index contributed by atoms with van der Waals surface area (Å²) in [6, 6.07) is 25.5. The van der Waals surface area contributed by atoms with Gasteiger partial charge in [0.25, 0.3) is 0 Å². The largest absolute Gasteiger partial charge is 0.298 e. The van der Waals surface area contributed by atoms with E-state index < -0.39 is 0 Å². The lowest BCUT2D eigenvalue weighted by Crippen LogP contribution is -2.07. The van der Waals surface area contributed by atoms with Gasteiger partial charge in [-0.2, -0.15) is 0 Å². The van der Waals surface area contributed by atoms with Gasteiger partial charge >= 0.3 is 0 Å². The highest BCUT2D eigenvalue weighted by Gasteiger charge is 2.20. The van der Waals surface area contributed by atoms with E-state index in [0.29, 0.717) is 5.92 Å². The average Bonchev–Trinajstić information content (AvgIpc) is 2.84. The molecule has 0 heterocycles. The molecule has 32 heavy (non-hydrogen) atoms. The van der Waals surface area contributed by atoms with Gasteiger partial charge in [-0.05, 0) is 90.6 Å². The number of aldehydes is 1. The number of benzene rings is 3. The quantitative estimate of drug-likeness (QED) is 0.191. The van der Waals surface area contributed by atoms with Crippen LogP contribution in [0.15, 0.2) is 84.9 Å². The fourth-order valence-corrected chi connectivity index (χ4v) is 4.54. The van der Waals surface area contributed by atoms with Crippen molar-refractivity contribution >= 4 is 17.4 Å². The number of carbonyl (C=O) groups is 1. The molecule has 0 aromatic heterocycles. The van der Waals surface area contributed by atoms with Gasteiger partial charge in [0, 0.05) is 5.56 Å². The first-order valence-electron chi connectivity index (χ1n) is 11.6. The van der Waals surface area contributed by atoms with Crippen LogP contribution in [0.2, 0.25) is 0 Å². The molecule has 0 aliphatic heterocycles. The van der Waals surface area contributed by atoms with Gasteiger partial charge in [-0.3, -0.25) is 4.79 Å². The van der Waals surface area contributed by atoms with E-state index in [-0.39, 0.29) is 0 Å². The van der Waals surface area contributed by atoms with Crippen LogP contribution >= 0.6 is 0 Å². The molecule has 0 N–H and O–H groups in total. The van der Waals surface area contributed by atoms with Crippen molar-refractivity contribution in [1.29, 1.82) is 0 Å². The van der Waals surface area contributed by atoms with E-state index in [9.17, 15) is 4.79 Å². The van der Waals surface area contributed by atoms with E-state index in [2.05, 4.69) is 101 Å². The zero-order valence-electron chi connectivity index (χ0n) is 19.8. The summed E-state index contributed by atoms with van der Waals surface area (Å²) in [6.07, 6.45) is 8.64. The molecule has 0 saturated heterocycles. The minimum absolute atomic E-state index is 0.428. The van der Waals surface area contributed by atoms with Crippen LogP contribution in [0.4, 0.5) is 0 Å². The van der Waals surface area contributed by atoms with Gasteiger partial charge < -0.3 is 0 Å². The molecule has 1 nitrogen and oxygen atoms in total.